The predicted molar refractivity (Wildman–Crippen MR) is 135 cm³/mol. The van der Waals surface area contributed by atoms with Gasteiger partial charge in [0.05, 0.1) is 16.2 Å². The number of fused-ring (bicyclic) bond motifs is 1. The van der Waals surface area contributed by atoms with Gasteiger partial charge in [-0.1, -0.05) is 31.3 Å². The number of ether oxygens (including phenoxy) is 1. The average Bonchev–Trinajstić information content (AvgIpc) is 3.16. The topological polar surface area (TPSA) is 81.0 Å². The van der Waals surface area contributed by atoms with Crippen LogP contribution in [0.3, 0.4) is 0 Å². The van der Waals surface area contributed by atoms with Gasteiger partial charge < -0.3 is 9.30 Å². The van der Waals surface area contributed by atoms with Crippen LogP contribution in [0.4, 0.5) is 0 Å². The van der Waals surface area contributed by atoms with E-state index in [1.165, 1.54) is 23.5 Å². The fourth-order valence-electron chi connectivity index (χ4n) is 4.62. The second-order valence-electron chi connectivity index (χ2n) is 8.87. The number of aromatic nitrogens is 1. The van der Waals surface area contributed by atoms with E-state index >= 15 is 0 Å². The molecule has 0 N–H and O–H groups in total. The summed E-state index contributed by atoms with van der Waals surface area (Å²) in [6.07, 6.45) is 1.03. The number of para-hydroxylation sites is 1. The summed E-state index contributed by atoms with van der Waals surface area (Å²) in [6, 6.07) is 11.9. The first-order chi connectivity index (χ1) is 16.2. The highest BCUT2D eigenvalue weighted by Crippen LogP contribution is 2.28. The van der Waals surface area contributed by atoms with Gasteiger partial charge in [0.25, 0.3) is 5.91 Å². The van der Waals surface area contributed by atoms with Gasteiger partial charge in [-0.15, -0.1) is 0 Å². The third-order valence-corrected chi connectivity index (χ3v) is 8.94. The summed E-state index contributed by atoms with van der Waals surface area (Å²) in [5.41, 5.74) is 1.28. The van der Waals surface area contributed by atoms with Gasteiger partial charge in [-0.2, -0.15) is 9.30 Å². The van der Waals surface area contributed by atoms with E-state index in [4.69, 9.17) is 4.74 Å². The van der Waals surface area contributed by atoms with E-state index in [-0.39, 0.29) is 4.90 Å². The Morgan fingerprint density at radius 3 is 2.38 bits per heavy atom. The molecule has 1 aromatic heterocycles. The van der Waals surface area contributed by atoms with E-state index < -0.39 is 15.9 Å². The van der Waals surface area contributed by atoms with Crippen molar-refractivity contribution >= 4 is 37.5 Å². The molecular formula is C25H31N3O4S2. The summed E-state index contributed by atoms with van der Waals surface area (Å²) >= 11 is 1.43. The molecule has 4 rings (SSSR count). The number of sulfonamides is 1. The van der Waals surface area contributed by atoms with E-state index in [0.717, 1.165) is 22.4 Å². The zero-order valence-corrected chi connectivity index (χ0v) is 21.7. The molecule has 1 amide bonds. The first-order valence-corrected chi connectivity index (χ1v) is 13.9. The molecule has 0 aliphatic carbocycles. The van der Waals surface area contributed by atoms with Crippen molar-refractivity contribution in [2.24, 2.45) is 16.8 Å². The average molecular weight is 502 g/mol. The number of benzene rings is 2. The second-order valence-corrected chi connectivity index (χ2v) is 11.8. The highest BCUT2D eigenvalue weighted by molar-refractivity contribution is 7.89. The quantitative estimate of drug-likeness (QED) is 0.497. The Hall–Kier alpha value is -2.49. The molecule has 3 aromatic rings. The van der Waals surface area contributed by atoms with E-state index in [1.54, 1.807) is 16.4 Å². The first kappa shape index (κ1) is 24.6. The van der Waals surface area contributed by atoms with Gasteiger partial charge in [-0.05, 0) is 68.5 Å². The zero-order valence-electron chi connectivity index (χ0n) is 20.0. The van der Waals surface area contributed by atoms with Crippen molar-refractivity contribution < 1.29 is 17.9 Å². The van der Waals surface area contributed by atoms with Gasteiger partial charge >= 0.3 is 0 Å². The zero-order chi connectivity index (χ0) is 24.5. The number of hydrogen-bond acceptors (Lipinski definition) is 5. The van der Waals surface area contributed by atoms with Crippen LogP contribution in [0.15, 0.2) is 52.4 Å². The molecule has 34 heavy (non-hydrogen) atoms. The molecule has 1 fully saturated rings. The Labute approximate surface area is 204 Å². The molecule has 0 bridgehead atoms. The van der Waals surface area contributed by atoms with Crippen LogP contribution in [-0.4, -0.2) is 42.9 Å². The number of rotatable bonds is 6. The van der Waals surface area contributed by atoms with Crippen LogP contribution >= 0.6 is 11.3 Å². The fourth-order valence-corrected chi connectivity index (χ4v) is 7.41. The summed E-state index contributed by atoms with van der Waals surface area (Å²) in [5, 5.41) is 0. The Bertz CT molecular complexity index is 1350. The molecule has 2 heterocycles. The SMILES string of the molecule is CCOc1cccc2sc(=NC(=O)c3ccc(S(=O)(=O)N4CC(C)CC(C)C4)cc3)n(CC)c12. The van der Waals surface area contributed by atoms with E-state index in [9.17, 15) is 13.2 Å². The van der Waals surface area contributed by atoms with Gasteiger partial charge in [-0.3, -0.25) is 4.79 Å². The summed E-state index contributed by atoms with van der Waals surface area (Å²) < 4.78 is 36.5. The molecule has 0 radical (unpaired) electrons. The molecule has 182 valence electrons. The summed E-state index contributed by atoms with van der Waals surface area (Å²) in [7, 11) is -3.59. The molecule has 1 saturated heterocycles. The lowest BCUT2D eigenvalue weighted by Crippen LogP contribution is -2.42. The van der Waals surface area contributed by atoms with Gasteiger partial charge in [0.15, 0.2) is 4.80 Å². The first-order valence-electron chi connectivity index (χ1n) is 11.7. The number of hydrogen-bond donors (Lipinski definition) is 0. The van der Waals surface area contributed by atoms with Crippen LogP contribution in [0.2, 0.25) is 0 Å². The monoisotopic (exact) mass is 501 g/mol. The van der Waals surface area contributed by atoms with Crippen molar-refractivity contribution in [1.82, 2.24) is 8.87 Å². The molecule has 2 atom stereocenters. The Morgan fingerprint density at radius 2 is 1.76 bits per heavy atom. The minimum atomic E-state index is -3.59. The predicted octanol–water partition coefficient (Wildman–Crippen LogP) is 4.53. The van der Waals surface area contributed by atoms with Crippen LogP contribution in [-0.2, 0) is 16.6 Å². The van der Waals surface area contributed by atoms with Crippen LogP contribution in [0.25, 0.3) is 10.2 Å². The van der Waals surface area contributed by atoms with Gasteiger partial charge in [0, 0.05) is 25.2 Å². The lowest BCUT2D eigenvalue weighted by Gasteiger charge is -2.34. The standard InChI is InChI=1S/C25H31N3O4S2/c1-5-28-23-21(32-6-2)8-7-9-22(23)33-25(28)26-24(29)19-10-12-20(13-11-19)34(30,31)27-15-17(3)14-18(4)16-27/h7-13,17-18H,5-6,14-16H2,1-4H3. The maximum atomic E-state index is 13.1. The molecule has 0 spiro atoms. The second kappa shape index (κ2) is 10.0. The number of piperidine rings is 1. The van der Waals surface area contributed by atoms with Crippen molar-refractivity contribution in [2.45, 2.75) is 45.6 Å². The number of amides is 1. The molecule has 1 aliphatic rings. The van der Waals surface area contributed by atoms with Gasteiger partial charge in [0.2, 0.25) is 10.0 Å². The molecule has 7 nitrogen and oxygen atoms in total. The molecule has 2 unspecified atom stereocenters. The number of thiazole rings is 1. The number of aryl methyl sites for hydroxylation is 1. The van der Waals surface area contributed by atoms with Crippen LogP contribution < -0.4 is 9.54 Å². The van der Waals surface area contributed by atoms with Crippen molar-refractivity contribution in [3.63, 3.8) is 0 Å². The fraction of sp³-hybridized carbons (Fsp3) is 0.440. The number of nitrogens with zero attached hydrogens (tertiary/aromatic N) is 3. The summed E-state index contributed by atoms with van der Waals surface area (Å²) in [5.74, 6) is 1.01. The van der Waals surface area contributed by atoms with Crippen molar-refractivity contribution in [3.8, 4) is 5.75 Å². The highest BCUT2D eigenvalue weighted by atomic mass is 32.2. The lowest BCUT2D eigenvalue weighted by molar-refractivity contribution is 0.0997. The molecule has 9 heteroatoms. The van der Waals surface area contributed by atoms with Crippen molar-refractivity contribution in [1.29, 1.82) is 0 Å². The number of carbonyl (C=O) groups is 1. The minimum Gasteiger partial charge on any atom is -0.492 e. The maximum Gasteiger partial charge on any atom is 0.279 e. The Balaban J connectivity index is 1.64. The smallest absolute Gasteiger partial charge is 0.279 e. The van der Waals surface area contributed by atoms with Crippen LogP contribution in [0.1, 0.15) is 44.5 Å². The molecular weight excluding hydrogens is 470 g/mol. The molecule has 1 aliphatic heterocycles. The minimum absolute atomic E-state index is 0.206. The van der Waals surface area contributed by atoms with E-state index in [2.05, 4.69) is 18.8 Å². The highest BCUT2D eigenvalue weighted by Gasteiger charge is 2.31. The van der Waals surface area contributed by atoms with Crippen molar-refractivity contribution in [3.05, 3.63) is 52.8 Å². The third kappa shape index (κ3) is 4.82. The normalized spacial score (nSPS) is 20.1. The third-order valence-electron chi connectivity index (χ3n) is 6.05. The molecule has 0 saturated carbocycles. The Morgan fingerprint density at radius 1 is 1.09 bits per heavy atom. The van der Waals surface area contributed by atoms with Crippen LogP contribution in [0.5, 0.6) is 5.75 Å². The van der Waals surface area contributed by atoms with E-state index in [0.29, 0.717) is 48.4 Å². The van der Waals surface area contributed by atoms with Crippen molar-refractivity contribution in [2.75, 3.05) is 19.7 Å². The largest absolute Gasteiger partial charge is 0.492 e. The maximum absolute atomic E-state index is 13.1. The molecule has 2 aromatic carbocycles. The van der Waals surface area contributed by atoms with E-state index in [1.807, 2.05) is 36.6 Å². The summed E-state index contributed by atoms with van der Waals surface area (Å²) in [6.45, 7) is 10.3. The van der Waals surface area contributed by atoms with Gasteiger partial charge in [0.1, 0.15) is 11.3 Å². The summed E-state index contributed by atoms with van der Waals surface area (Å²) in [4.78, 5) is 18.1. The lowest BCUT2D eigenvalue weighted by atomic mass is 9.94. The number of carbonyl (C=O) groups excluding carboxylic acids is 1. The van der Waals surface area contributed by atoms with Gasteiger partial charge in [-0.25, -0.2) is 8.42 Å². The van der Waals surface area contributed by atoms with Crippen LogP contribution in [0, 0.1) is 11.8 Å². The Kier molecular flexibility index (Phi) is 7.25.